The highest BCUT2D eigenvalue weighted by atomic mass is 16.2. The summed E-state index contributed by atoms with van der Waals surface area (Å²) in [6.07, 6.45) is 3.63. The molecule has 0 saturated heterocycles. The number of amides is 2. The first-order valence-electron chi connectivity index (χ1n) is 4.66. The maximum absolute atomic E-state index is 11.1. The van der Waals surface area contributed by atoms with Crippen LogP contribution in [0.1, 0.15) is 32.6 Å². The van der Waals surface area contributed by atoms with Gasteiger partial charge in [0, 0.05) is 12.0 Å². The quantitative estimate of drug-likeness (QED) is 0.666. The van der Waals surface area contributed by atoms with Crippen LogP contribution in [0.3, 0.4) is 0 Å². The zero-order chi connectivity index (χ0) is 9.84. The summed E-state index contributed by atoms with van der Waals surface area (Å²) in [5, 5.41) is 2.65. The van der Waals surface area contributed by atoms with E-state index in [4.69, 9.17) is 5.73 Å². The van der Waals surface area contributed by atoms with Gasteiger partial charge in [0.15, 0.2) is 0 Å². The fourth-order valence-corrected chi connectivity index (χ4v) is 1.89. The lowest BCUT2D eigenvalue weighted by Gasteiger charge is -2.27. The van der Waals surface area contributed by atoms with Crippen LogP contribution in [0.25, 0.3) is 0 Å². The van der Waals surface area contributed by atoms with Crippen molar-refractivity contribution >= 4 is 11.8 Å². The van der Waals surface area contributed by atoms with Crippen molar-refractivity contribution in [3.8, 4) is 0 Å². The molecule has 0 spiro atoms. The number of nitrogens with one attached hydrogen (secondary N) is 1. The van der Waals surface area contributed by atoms with E-state index in [0.717, 1.165) is 25.7 Å². The standard InChI is InChI=1S/C9H16N2O2/c1-6(12)7-3-2-4-8(5-7)11-9(10)13/h7-8H,2-5H2,1H3,(H3,10,11,13). The predicted octanol–water partition coefficient (Wildman–Crippen LogP) is 0.803. The normalized spacial score (nSPS) is 28.1. The Balaban J connectivity index is 2.41. The highest BCUT2D eigenvalue weighted by Gasteiger charge is 2.25. The molecule has 0 heterocycles. The van der Waals surface area contributed by atoms with Gasteiger partial charge in [-0.1, -0.05) is 6.42 Å². The summed E-state index contributed by atoms with van der Waals surface area (Å²) in [6, 6.07) is -0.394. The Labute approximate surface area is 77.9 Å². The van der Waals surface area contributed by atoms with E-state index in [2.05, 4.69) is 5.32 Å². The molecule has 4 heteroatoms. The summed E-state index contributed by atoms with van der Waals surface area (Å²) in [6.45, 7) is 1.61. The molecular weight excluding hydrogens is 168 g/mol. The summed E-state index contributed by atoms with van der Waals surface area (Å²) in [4.78, 5) is 21.7. The van der Waals surface area contributed by atoms with Crippen molar-refractivity contribution in [3.63, 3.8) is 0 Å². The molecule has 1 rings (SSSR count). The zero-order valence-electron chi connectivity index (χ0n) is 7.88. The minimum absolute atomic E-state index is 0.0974. The summed E-state index contributed by atoms with van der Waals surface area (Å²) >= 11 is 0. The van der Waals surface area contributed by atoms with Crippen molar-refractivity contribution in [3.05, 3.63) is 0 Å². The van der Waals surface area contributed by atoms with Crippen LogP contribution in [0.4, 0.5) is 4.79 Å². The van der Waals surface area contributed by atoms with Crippen molar-refractivity contribution in [2.75, 3.05) is 0 Å². The summed E-state index contributed by atoms with van der Waals surface area (Å²) in [7, 11) is 0. The van der Waals surface area contributed by atoms with E-state index < -0.39 is 6.03 Å². The number of carbonyl (C=O) groups excluding carboxylic acids is 2. The monoisotopic (exact) mass is 184 g/mol. The molecular formula is C9H16N2O2. The van der Waals surface area contributed by atoms with E-state index >= 15 is 0 Å². The molecule has 0 aliphatic heterocycles. The Morgan fingerprint density at radius 3 is 2.62 bits per heavy atom. The van der Waals surface area contributed by atoms with Crippen LogP contribution in [0.2, 0.25) is 0 Å². The van der Waals surface area contributed by atoms with Crippen LogP contribution >= 0.6 is 0 Å². The number of nitrogens with two attached hydrogens (primary N) is 1. The van der Waals surface area contributed by atoms with Crippen molar-refractivity contribution in [2.45, 2.75) is 38.6 Å². The van der Waals surface area contributed by atoms with Gasteiger partial charge in [0.05, 0.1) is 0 Å². The highest BCUT2D eigenvalue weighted by Crippen LogP contribution is 2.24. The number of hydrogen-bond donors (Lipinski definition) is 2. The molecule has 74 valence electrons. The van der Waals surface area contributed by atoms with Crippen molar-refractivity contribution in [1.29, 1.82) is 0 Å². The molecule has 0 aromatic heterocycles. The molecule has 3 N–H and O–H groups in total. The van der Waals surface area contributed by atoms with Gasteiger partial charge in [0.1, 0.15) is 5.78 Å². The van der Waals surface area contributed by atoms with Crippen LogP contribution in [0.5, 0.6) is 0 Å². The molecule has 2 atom stereocenters. The van der Waals surface area contributed by atoms with Crippen LogP contribution in [-0.4, -0.2) is 17.9 Å². The van der Waals surface area contributed by atoms with Crippen molar-refractivity contribution in [1.82, 2.24) is 5.32 Å². The first kappa shape index (κ1) is 10.0. The number of ketones is 1. The van der Waals surface area contributed by atoms with E-state index in [1.165, 1.54) is 0 Å². The summed E-state index contributed by atoms with van der Waals surface area (Å²) in [5.74, 6) is 0.335. The summed E-state index contributed by atoms with van der Waals surface area (Å²) < 4.78 is 0. The van der Waals surface area contributed by atoms with E-state index in [1.54, 1.807) is 6.92 Å². The Bertz CT molecular complexity index is 216. The Kier molecular flexibility index (Phi) is 3.28. The predicted molar refractivity (Wildman–Crippen MR) is 49.1 cm³/mol. The molecule has 0 aromatic rings. The third kappa shape index (κ3) is 3.05. The van der Waals surface area contributed by atoms with E-state index in [0.29, 0.717) is 0 Å². The average Bonchev–Trinajstić information content (AvgIpc) is 2.03. The zero-order valence-corrected chi connectivity index (χ0v) is 7.88. The fourth-order valence-electron chi connectivity index (χ4n) is 1.89. The first-order chi connectivity index (χ1) is 6.09. The van der Waals surface area contributed by atoms with Crippen LogP contribution in [0.15, 0.2) is 0 Å². The lowest BCUT2D eigenvalue weighted by Crippen LogP contribution is -2.42. The number of primary amides is 1. The van der Waals surface area contributed by atoms with Crippen LogP contribution in [-0.2, 0) is 4.79 Å². The number of rotatable bonds is 2. The van der Waals surface area contributed by atoms with Gasteiger partial charge in [-0.25, -0.2) is 4.79 Å². The molecule has 4 nitrogen and oxygen atoms in total. The van der Waals surface area contributed by atoms with Gasteiger partial charge in [0.2, 0.25) is 0 Å². The van der Waals surface area contributed by atoms with Gasteiger partial charge in [-0.2, -0.15) is 0 Å². The van der Waals surface area contributed by atoms with Gasteiger partial charge in [-0.05, 0) is 26.2 Å². The van der Waals surface area contributed by atoms with E-state index in [1.807, 2.05) is 0 Å². The van der Waals surface area contributed by atoms with Crippen LogP contribution < -0.4 is 11.1 Å². The maximum Gasteiger partial charge on any atom is 0.312 e. The van der Waals surface area contributed by atoms with Crippen molar-refractivity contribution < 1.29 is 9.59 Å². The Hall–Kier alpha value is -1.06. The molecule has 13 heavy (non-hydrogen) atoms. The molecule has 0 aromatic carbocycles. The van der Waals surface area contributed by atoms with E-state index in [9.17, 15) is 9.59 Å². The highest BCUT2D eigenvalue weighted by molar-refractivity contribution is 5.78. The second-order valence-corrected chi connectivity index (χ2v) is 3.68. The molecule has 2 amide bonds. The molecule has 2 unspecified atom stereocenters. The minimum Gasteiger partial charge on any atom is -0.352 e. The smallest absolute Gasteiger partial charge is 0.312 e. The van der Waals surface area contributed by atoms with Crippen LogP contribution in [0, 0.1) is 5.92 Å². The second-order valence-electron chi connectivity index (χ2n) is 3.68. The number of Topliss-reactive ketones (excluding diaryl/α,β-unsaturated/α-hetero) is 1. The Morgan fingerprint density at radius 2 is 2.08 bits per heavy atom. The number of urea groups is 1. The lowest BCUT2D eigenvalue weighted by atomic mass is 9.83. The topological polar surface area (TPSA) is 72.2 Å². The van der Waals surface area contributed by atoms with Gasteiger partial charge in [-0.3, -0.25) is 4.79 Å². The largest absolute Gasteiger partial charge is 0.352 e. The third-order valence-electron chi connectivity index (χ3n) is 2.60. The molecule has 1 saturated carbocycles. The SMILES string of the molecule is CC(=O)C1CCCC(NC(N)=O)C1. The summed E-state index contributed by atoms with van der Waals surface area (Å²) in [5.41, 5.74) is 5.01. The lowest BCUT2D eigenvalue weighted by molar-refractivity contribution is -0.121. The molecule has 1 aliphatic carbocycles. The fraction of sp³-hybridized carbons (Fsp3) is 0.778. The van der Waals surface area contributed by atoms with Crippen molar-refractivity contribution in [2.24, 2.45) is 11.7 Å². The maximum atomic E-state index is 11.1. The first-order valence-corrected chi connectivity index (χ1v) is 4.66. The van der Waals surface area contributed by atoms with Gasteiger partial charge in [0.25, 0.3) is 0 Å². The number of carbonyl (C=O) groups is 2. The third-order valence-corrected chi connectivity index (χ3v) is 2.60. The number of hydrogen-bond acceptors (Lipinski definition) is 2. The molecule has 0 bridgehead atoms. The van der Waals surface area contributed by atoms with E-state index in [-0.39, 0.29) is 17.7 Å². The molecule has 1 aliphatic rings. The second kappa shape index (κ2) is 4.25. The van der Waals surface area contributed by atoms with Gasteiger partial charge in [-0.15, -0.1) is 0 Å². The molecule has 1 fully saturated rings. The Morgan fingerprint density at radius 1 is 1.38 bits per heavy atom. The van der Waals surface area contributed by atoms with Gasteiger partial charge >= 0.3 is 6.03 Å². The average molecular weight is 184 g/mol. The molecule has 0 radical (unpaired) electrons. The van der Waals surface area contributed by atoms with Gasteiger partial charge < -0.3 is 11.1 Å². The minimum atomic E-state index is -0.491.